The van der Waals surface area contributed by atoms with Crippen molar-refractivity contribution < 1.29 is 0 Å². The summed E-state index contributed by atoms with van der Waals surface area (Å²) >= 11 is 0. The summed E-state index contributed by atoms with van der Waals surface area (Å²) in [5, 5.41) is 9.03. The van der Waals surface area contributed by atoms with Crippen molar-refractivity contribution in [3.05, 3.63) is 78.4 Å². The van der Waals surface area contributed by atoms with Crippen LogP contribution in [0.5, 0.6) is 0 Å². The molecule has 0 bridgehead atoms. The van der Waals surface area contributed by atoms with Gasteiger partial charge in [0.15, 0.2) is 5.82 Å². The second-order valence-corrected chi connectivity index (χ2v) is 6.65. The molecule has 28 heavy (non-hydrogen) atoms. The van der Waals surface area contributed by atoms with Crippen LogP contribution in [0, 0.1) is 6.92 Å². The Morgan fingerprint density at radius 3 is 2.89 bits per heavy atom. The van der Waals surface area contributed by atoms with Crippen LogP contribution in [0.1, 0.15) is 11.1 Å². The molecule has 0 aliphatic rings. The third-order valence-electron chi connectivity index (χ3n) is 4.66. The molecule has 3 heterocycles. The highest BCUT2D eigenvalue weighted by atomic mass is 35.5. The lowest BCUT2D eigenvalue weighted by atomic mass is 10.1. The third kappa shape index (κ3) is 3.30. The Bertz CT molecular complexity index is 1260. The molecule has 2 aromatic carbocycles. The molecule has 0 aliphatic heterocycles. The molecule has 0 unspecified atom stereocenters. The zero-order valence-electron chi connectivity index (χ0n) is 15.3. The standard InChI is InChI=1S/C21H18N6.ClH/c1-14-3-2-4-15(9-14)12-27-19-6-5-17(10-16(19)11-25-27)26-21-20-18(7-8-22-20)23-13-24-21;/h2-11,13,22H,12H2,1H3,(H,23,24,26);1H. The molecule has 5 aromatic rings. The van der Waals surface area contributed by atoms with Gasteiger partial charge in [0.05, 0.1) is 23.8 Å². The summed E-state index contributed by atoms with van der Waals surface area (Å²) < 4.78 is 2.03. The number of benzene rings is 2. The van der Waals surface area contributed by atoms with Crippen molar-refractivity contribution in [1.82, 2.24) is 24.7 Å². The minimum absolute atomic E-state index is 0. The Morgan fingerprint density at radius 1 is 1.07 bits per heavy atom. The number of nitrogens with zero attached hydrogens (tertiary/aromatic N) is 4. The number of aryl methyl sites for hydroxylation is 1. The number of fused-ring (bicyclic) bond motifs is 2. The van der Waals surface area contributed by atoms with E-state index in [1.807, 2.05) is 29.2 Å². The monoisotopic (exact) mass is 390 g/mol. The molecular weight excluding hydrogens is 372 g/mol. The van der Waals surface area contributed by atoms with E-state index >= 15 is 0 Å². The van der Waals surface area contributed by atoms with Gasteiger partial charge in [-0.05, 0) is 36.8 Å². The molecule has 6 nitrogen and oxygen atoms in total. The highest BCUT2D eigenvalue weighted by Gasteiger charge is 2.08. The molecule has 0 amide bonds. The lowest BCUT2D eigenvalue weighted by Crippen LogP contribution is -2.01. The Labute approximate surface area is 168 Å². The highest BCUT2D eigenvalue weighted by molar-refractivity contribution is 5.89. The van der Waals surface area contributed by atoms with Gasteiger partial charge in [-0.1, -0.05) is 29.8 Å². The van der Waals surface area contributed by atoms with Gasteiger partial charge in [-0.3, -0.25) is 4.68 Å². The van der Waals surface area contributed by atoms with Crippen LogP contribution < -0.4 is 5.32 Å². The van der Waals surface area contributed by atoms with Crippen LogP contribution in [0.25, 0.3) is 21.9 Å². The lowest BCUT2D eigenvalue weighted by molar-refractivity contribution is 0.712. The number of nitrogens with one attached hydrogen (secondary N) is 2. The molecule has 140 valence electrons. The second-order valence-electron chi connectivity index (χ2n) is 6.65. The smallest absolute Gasteiger partial charge is 0.158 e. The highest BCUT2D eigenvalue weighted by Crippen LogP contribution is 2.25. The molecule has 0 aliphatic carbocycles. The first-order valence-electron chi connectivity index (χ1n) is 8.82. The van der Waals surface area contributed by atoms with E-state index in [2.05, 4.69) is 68.7 Å². The minimum Gasteiger partial charge on any atom is -0.357 e. The topological polar surface area (TPSA) is 71.4 Å². The SMILES string of the molecule is Cc1cccc(Cn2ncc3cc(Nc4ncnc5cc[nH]c45)ccc32)c1.Cl. The van der Waals surface area contributed by atoms with Gasteiger partial charge in [0.25, 0.3) is 0 Å². The molecule has 0 saturated heterocycles. The molecule has 3 aromatic heterocycles. The number of rotatable bonds is 4. The van der Waals surface area contributed by atoms with Gasteiger partial charge >= 0.3 is 0 Å². The van der Waals surface area contributed by atoms with Gasteiger partial charge < -0.3 is 10.3 Å². The van der Waals surface area contributed by atoms with Crippen molar-refractivity contribution in [2.24, 2.45) is 0 Å². The first-order valence-corrected chi connectivity index (χ1v) is 8.82. The Hall–Kier alpha value is -3.38. The maximum Gasteiger partial charge on any atom is 0.158 e. The average molecular weight is 391 g/mol. The first-order chi connectivity index (χ1) is 13.3. The molecule has 5 rings (SSSR count). The van der Waals surface area contributed by atoms with Crippen molar-refractivity contribution >= 4 is 45.8 Å². The molecular formula is C21H19ClN6. The van der Waals surface area contributed by atoms with Crippen molar-refractivity contribution in [2.75, 3.05) is 5.32 Å². The predicted octanol–water partition coefficient (Wildman–Crippen LogP) is 4.83. The maximum atomic E-state index is 4.57. The summed E-state index contributed by atoms with van der Waals surface area (Å²) in [4.78, 5) is 11.8. The first kappa shape index (κ1) is 18.0. The van der Waals surface area contributed by atoms with Crippen LogP contribution in [-0.4, -0.2) is 24.7 Å². The van der Waals surface area contributed by atoms with E-state index < -0.39 is 0 Å². The van der Waals surface area contributed by atoms with Crippen LogP contribution in [0.2, 0.25) is 0 Å². The van der Waals surface area contributed by atoms with Crippen molar-refractivity contribution in [1.29, 1.82) is 0 Å². The molecule has 0 fully saturated rings. The largest absolute Gasteiger partial charge is 0.357 e. The van der Waals surface area contributed by atoms with Crippen LogP contribution in [0.4, 0.5) is 11.5 Å². The van der Waals surface area contributed by atoms with E-state index in [0.29, 0.717) is 0 Å². The summed E-state index contributed by atoms with van der Waals surface area (Å²) in [6, 6.07) is 16.7. The molecule has 0 spiro atoms. The fraction of sp³-hybridized carbons (Fsp3) is 0.0952. The fourth-order valence-corrected chi connectivity index (χ4v) is 3.38. The fourth-order valence-electron chi connectivity index (χ4n) is 3.38. The molecule has 0 radical (unpaired) electrons. The third-order valence-corrected chi connectivity index (χ3v) is 4.66. The van der Waals surface area contributed by atoms with E-state index in [-0.39, 0.29) is 12.4 Å². The second kappa shape index (κ2) is 7.32. The van der Waals surface area contributed by atoms with Crippen LogP contribution in [0.15, 0.2) is 67.3 Å². The van der Waals surface area contributed by atoms with Gasteiger partial charge in [0.2, 0.25) is 0 Å². The number of aromatic nitrogens is 5. The van der Waals surface area contributed by atoms with Gasteiger partial charge in [0, 0.05) is 17.3 Å². The van der Waals surface area contributed by atoms with Gasteiger partial charge in [-0.15, -0.1) is 12.4 Å². The summed E-state index contributed by atoms with van der Waals surface area (Å²) in [6.45, 7) is 2.86. The van der Waals surface area contributed by atoms with Crippen LogP contribution in [0.3, 0.4) is 0 Å². The summed E-state index contributed by atoms with van der Waals surface area (Å²) in [5.74, 6) is 0.761. The number of H-pyrrole nitrogens is 1. The quantitative estimate of drug-likeness (QED) is 0.461. The van der Waals surface area contributed by atoms with E-state index in [1.165, 1.54) is 11.1 Å². The Balaban J connectivity index is 0.00000192. The zero-order valence-corrected chi connectivity index (χ0v) is 16.1. The van der Waals surface area contributed by atoms with E-state index in [9.17, 15) is 0 Å². The number of hydrogen-bond donors (Lipinski definition) is 2. The van der Waals surface area contributed by atoms with Crippen LogP contribution >= 0.6 is 12.4 Å². The minimum atomic E-state index is 0. The molecule has 0 saturated carbocycles. The molecule has 2 N–H and O–H groups in total. The Morgan fingerprint density at radius 2 is 2.00 bits per heavy atom. The van der Waals surface area contributed by atoms with Crippen LogP contribution in [-0.2, 0) is 6.54 Å². The van der Waals surface area contributed by atoms with E-state index in [1.54, 1.807) is 6.33 Å². The maximum absolute atomic E-state index is 4.57. The summed E-state index contributed by atoms with van der Waals surface area (Å²) in [6.07, 6.45) is 5.33. The Kier molecular flexibility index (Phi) is 4.71. The molecule has 7 heteroatoms. The average Bonchev–Trinajstić information content (AvgIpc) is 3.29. The zero-order chi connectivity index (χ0) is 18.2. The van der Waals surface area contributed by atoms with E-state index in [4.69, 9.17) is 0 Å². The summed E-state index contributed by atoms with van der Waals surface area (Å²) in [7, 11) is 0. The normalized spacial score (nSPS) is 10.9. The van der Waals surface area contributed by atoms with Gasteiger partial charge in [-0.25, -0.2) is 9.97 Å². The number of hydrogen-bond acceptors (Lipinski definition) is 4. The number of anilines is 2. The predicted molar refractivity (Wildman–Crippen MR) is 114 cm³/mol. The molecule has 0 atom stereocenters. The van der Waals surface area contributed by atoms with E-state index in [0.717, 1.165) is 40.0 Å². The summed E-state index contributed by atoms with van der Waals surface area (Å²) in [5.41, 5.74) is 6.36. The van der Waals surface area contributed by atoms with Gasteiger partial charge in [0.1, 0.15) is 11.8 Å². The van der Waals surface area contributed by atoms with Crippen molar-refractivity contribution in [3.8, 4) is 0 Å². The number of halogens is 1. The van der Waals surface area contributed by atoms with Crippen molar-refractivity contribution in [2.45, 2.75) is 13.5 Å². The lowest BCUT2D eigenvalue weighted by Gasteiger charge is -2.08. The van der Waals surface area contributed by atoms with Gasteiger partial charge in [-0.2, -0.15) is 5.10 Å². The van der Waals surface area contributed by atoms with Crippen molar-refractivity contribution in [3.63, 3.8) is 0 Å². The number of aromatic amines is 1.